The van der Waals surface area contributed by atoms with Gasteiger partial charge < -0.3 is 8.70 Å². The Hall–Kier alpha value is -2.52. The average Bonchev–Trinajstić information content (AvgIpc) is 2.84. The molecule has 1 aromatic heterocycles. The molecule has 0 atom stereocenters. The number of nitriles is 1. The molecule has 5 nitrogen and oxygen atoms in total. The number of fused-ring (bicyclic) bond motifs is 2. The smallest absolute Gasteiger partial charge is 0.261 e. The molecule has 0 aliphatic heterocycles. The van der Waals surface area contributed by atoms with E-state index < -0.39 is 0 Å². The summed E-state index contributed by atoms with van der Waals surface area (Å²) in [6.07, 6.45) is 0. The zero-order valence-corrected chi connectivity index (χ0v) is 10.5. The van der Waals surface area contributed by atoms with E-state index >= 15 is 0 Å². The largest absolute Gasteiger partial charge is 0.434 e. The summed E-state index contributed by atoms with van der Waals surface area (Å²) >= 11 is 3.47. The van der Waals surface area contributed by atoms with Gasteiger partial charge in [-0.1, -0.05) is 29.4 Å². The van der Waals surface area contributed by atoms with Crippen molar-refractivity contribution >= 4 is 40.5 Å². The lowest BCUT2D eigenvalue weighted by atomic mass is 10.1. The van der Waals surface area contributed by atoms with Crippen LogP contribution in [0.3, 0.4) is 0 Å². The summed E-state index contributed by atoms with van der Waals surface area (Å²) in [6, 6.07) is 13.5. The monoisotopic (exact) mass is 269 g/mol. The predicted molar refractivity (Wildman–Crippen MR) is 73.7 cm³/mol. The summed E-state index contributed by atoms with van der Waals surface area (Å²) in [6.45, 7) is 0. The summed E-state index contributed by atoms with van der Waals surface area (Å²) in [5.74, 6) is 0.113. The molecule has 0 fully saturated rings. The molecule has 0 radical (unpaired) electrons. The molecule has 0 saturated heterocycles. The molecule has 1 heterocycles. The molecule has 3 aromatic rings. The first-order valence-corrected chi connectivity index (χ1v) is 5.77. The number of aromatic nitrogens is 1. The Kier molecular flexibility index (Phi) is 2.82. The minimum Gasteiger partial charge on any atom is -0.434 e. The van der Waals surface area contributed by atoms with Crippen LogP contribution in [0.5, 0.6) is 0 Å². The first-order valence-electron chi connectivity index (χ1n) is 5.40. The highest BCUT2D eigenvalue weighted by atomic mass is 32.1. The number of thiol groups is 1. The lowest BCUT2D eigenvalue weighted by Crippen LogP contribution is -1.96. The molecule has 0 saturated carbocycles. The van der Waals surface area contributed by atoms with Gasteiger partial charge in [0.05, 0.1) is 12.9 Å². The van der Waals surface area contributed by atoms with Crippen molar-refractivity contribution in [1.29, 1.82) is 5.26 Å². The van der Waals surface area contributed by atoms with E-state index in [-0.39, 0.29) is 11.6 Å². The summed E-state index contributed by atoms with van der Waals surface area (Å²) in [5.41, 5.74) is 1.20. The fourth-order valence-corrected chi connectivity index (χ4v) is 1.94. The van der Waals surface area contributed by atoms with Crippen LogP contribution in [0.1, 0.15) is 5.89 Å². The van der Waals surface area contributed by atoms with Crippen LogP contribution >= 0.6 is 12.9 Å². The lowest BCUT2D eigenvalue weighted by Gasteiger charge is -1.94. The number of rotatable bonds is 2. The fourth-order valence-electron chi connectivity index (χ4n) is 1.86. The van der Waals surface area contributed by atoms with E-state index in [4.69, 9.17) is 9.68 Å². The first kappa shape index (κ1) is 11.6. The van der Waals surface area contributed by atoms with Crippen LogP contribution in [-0.4, -0.2) is 10.7 Å². The summed E-state index contributed by atoms with van der Waals surface area (Å²) in [4.78, 5) is 4.22. The Morgan fingerprint density at radius 3 is 2.74 bits per heavy atom. The molecule has 0 N–H and O–H groups in total. The van der Waals surface area contributed by atoms with Gasteiger partial charge in [0, 0.05) is 0 Å². The van der Waals surface area contributed by atoms with E-state index in [1.807, 2.05) is 42.5 Å². The number of benzene rings is 2. The third-order valence-corrected chi connectivity index (χ3v) is 2.78. The molecule has 0 aliphatic rings. The van der Waals surface area contributed by atoms with E-state index in [0.717, 1.165) is 10.8 Å². The van der Waals surface area contributed by atoms with Gasteiger partial charge in [-0.2, -0.15) is 5.26 Å². The van der Waals surface area contributed by atoms with Crippen LogP contribution in [0.15, 0.2) is 46.0 Å². The van der Waals surface area contributed by atoms with Gasteiger partial charge in [-0.3, -0.25) is 0 Å². The van der Waals surface area contributed by atoms with E-state index in [9.17, 15) is 0 Å². The number of oxime groups is 1. The molecule has 0 bridgehead atoms. The van der Waals surface area contributed by atoms with E-state index in [0.29, 0.717) is 11.1 Å². The van der Waals surface area contributed by atoms with E-state index in [1.54, 1.807) is 0 Å². The van der Waals surface area contributed by atoms with Crippen LogP contribution in [0.4, 0.5) is 0 Å². The van der Waals surface area contributed by atoms with Crippen molar-refractivity contribution in [2.45, 2.75) is 0 Å². The Bertz CT molecular complexity index is 780. The molecule has 0 spiro atoms. The number of hydrogen-bond acceptors (Lipinski definition) is 6. The lowest BCUT2D eigenvalue weighted by molar-refractivity contribution is 0.413. The molecular weight excluding hydrogens is 262 g/mol. The van der Waals surface area contributed by atoms with E-state index in [1.165, 1.54) is 0 Å². The third kappa shape index (κ3) is 2.00. The Balaban J connectivity index is 2.23. The maximum absolute atomic E-state index is 8.93. The molecule has 0 aliphatic carbocycles. The number of nitrogens with zero attached hydrogens (tertiary/aromatic N) is 3. The normalized spacial score (nSPS) is 11.7. The van der Waals surface area contributed by atoms with Crippen molar-refractivity contribution in [3.05, 3.63) is 42.3 Å². The highest BCUT2D eigenvalue weighted by Gasteiger charge is 2.13. The van der Waals surface area contributed by atoms with E-state index in [2.05, 4.69) is 27.3 Å². The minimum atomic E-state index is -0.0599. The molecular formula is C13H7N3O2S. The zero-order valence-electron chi connectivity index (χ0n) is 9.57. The Morgan fingerprint density at radius 1 is 1.32 bits per heavy atom. The van der Waals surface area contributed by atoms with Gasteiger partial charge in [0.1, 0.15) is 11.6 Å². The molecule has 0 amide bonds. The standard InChI is InChI=1S/C13H7N3O2S/c14-7-11(16-18-19)13-15-10-5-8-3-1-2-4-9(8)6-12(10)17-13/h1-6,19H/b16-11+. The van der Waals surface area contributed by atoms with Crippen LogP contribution in [-0.2, 0) is 4.28 Å². The predicted octanol–water partition coefficient (Wildman–Crippen LogP) is 3.07. The molecule has 92 valence electrons. The number of hydrogen-bond donors (Lipinski definition) is 1. The van der Waals surface area contributed by atoms with Crippen molar-refractivity contribution in [2.75, 3.05) is 0 Å². The van der Waals surface area contributed by atoms with Crippen molar-refractivity contribution < 1.29 is 8.70 Å². The second-order valence-electron chi connectivity index (χ2n) is 3.82. The molecule has 19 heavy (non-hydrogen) atoms. The molecule has 0 unspecified atom stereocenters. The topological polar surface area (TPSA) is 71.4 Å². The van der Waals surface area contributed by atoms with Gasteiger partial charge >= 0.3 is 0 Å². The van der Waals surface area contributed by atoms with Gasteiger partial charge in [0.2, 0.25) is 5.71 Å². The maximum atomic E-state index is 8.93. The molecule has 2 aromatic carbocycles. The van der Waals surface area contributed by atoms with Crippen LogP contribution in [0.25, 0.3) is 21.9 Å². The average molecular weight is 269 g/mol. The highest BCUT2D eigenvalue weighted by molar-refractivity contribution is 7.75. The maximum Gasteiger partial charge on any atom is 0.261 e. The molecule has 3 rings (SSSR count). The van der Waals surface area contributed by atoms with Crippen LogP contribution < -0.4 is 0 Å². The summed E-state index contributed by atoms with van der Waals surface area (Å²) in [5, 5.41) is 14.5. The first-order chi connectivity index (χ1) is 9.31. The minimum absolute atomic E-state index is 0.0599. The quantitative estimate of drug-likeness (QED) is 0.336. The third-order valence-electron chi connectivity index (χ3n) is 2.70. The Labute approximate surface area is 113 Å². The fraction of sp³-hybridized carbons (Fsp3) is 0. The van der Waals surface area contributed by atoms with Gasteiger partial charge in [0.15, 0.2) is 5.58 Å². The van der Waals surface area contributed by atoms with Crippen molar-refractivity contribution in [1.82, 2.24) is 4.98 Å². The highest BCUT2D eigenvalue weighted by Crippen LogP contribution is 2.23. The summed E-state index contributed by atoms with van der Waals surface area (Å²) < 4.78 is 9.79. The second-order valence-corrected chi connectivity index (χ2v) is 3.98. The molecule has 6 heteroatoms. The van der Waals surface area contributed by atoms with Crippen molar-refractivity contribution in [2.24, 2.45) is 5.16 Å². The van der Waals surface area contributed by atoms with Crippen LogP contribution in [0.2, 0.25) is 0 Å². The summed E-state index contributed by atoms with van der Waals surface area (Å²) in [7, 11) is 0. The van der Waals surface area contributed by atoms with Gasteiger partial charge in [0.25, 0.3) is 5.89 Å². The second kappa shape index (κ2) is 4.63. The van der Waals surface area contributed by atoms with Crippen molar-refractivity contribution in [3.8, 4) is 6.07 Å². The van der Waals surface area contributed by atoms with Crippen molar-refractivity contribution in [3.63, 3.8) is 0 Å². The number of oxazole rings is 1. The van der Waals surface area contributed by atoms with Crippen LogP contribution in [0, 0.1) is 11.3 Å². The van der Waals surface area contributed by atoms with Gasteiger partial charge in [-0.15, -0.1) is 0 Å². The Morgan fingerprint density at radius 2 is 2.05 bits per heavy atom. The van der Waals surface area contributed by atoms with Gasteiger partial charge in [-0.05, 0) is 22.9 Å². The SMILES string of the molecule is N#C/C(=N\OS)c1nc2cc3ccccc3cc2o1. The zero-order chi connectivity index (χ0) is 13.2. The van der Waals surface area contributed by atoms with Gasteiger partial charge in [-0.25, -0.2) is 4.98 Å².